The molecule has 0 aromatic heterocycles. The van der Waals surface area contributed by atoms with Crippen LogP contribution in [0.3, 0.4) is 0 Å². The molecule has 3 unspecified atom stereocenters. The van der Waals surface area contributed by atoms with E-state index in [9.17, 15) is 4.39 Å². The summed E-state index contributed by atoms with van der Waals surface area (Å²) in [4.78, 5) is 0. The van der Waals surface area contributed by atoms with Crippen LogP contribution >= 0.6 is 0 Å². The molecule has 0 heterocycles. The van der Waals surface area contributed by atoms with E-state index in [1.165, 1.54) is 0 Å². The summed E-state index contributed by atoms with van der Waals surface area (Å²) in [6.07, 6.45) is 1.16. The van der Waals surface area contributed by atoms with E-state index in [1.54, 1.807) is 12.1 Å². The van der Waals surface area contributed by atoms with E-state index in [2.05, 4.69) is 46.9 Å². The quantitative estimate of drug-likeness (QED) is 0.795. The lowest BCUT2D eigenvalue weighted by Crippen LogP contribution is -2.40. The van der Waals surface area contributed by atoms with Crippen molar-refractivity contribution < 1.29 is 4.39 Å². The first-order valence-electron chi connectivity index (χ1n) is 7.27. The Labute approximate surface area is 117 Å². The molecule has 0 saturated heterocycles. The molecule has 0 bridgehead atoms. The molecular weight excluding hydrogens is 237 g/mol. The van der Waals surface area contributed by atoms with Gasteiger partial charge in [0.15, 0.2) is 0 Å². The average Bonchev–Trinajstić information content (AvgIpc) is 2.34. The van der Waals surface area contributed by atoms with Crippen LogP contribution in [-0.2, 0) is 0 Å². The SMILES string of the molecule is CCC(C)C(C)NC(c1ccc(F)cc1)C(C)(C)C. The summed E-state index contributed by atoms with van der Waals surface area (Å²) >= 11 is 0. The van der Waals surface area contributed by atoms with E-state index in [4.69, 9.17) is 0 Å². The van der Waals surface area contributed by atoms with Gasteiger partial charge in [-0.15, -0.1) is 0 Å². The van der Waals surface area contributed by atoms with Crippen LogP contribution < -0.4 is 5.32 Å². The van der Waals surface area contributed by atoms with E-state index in [-0.39, 0.29) is 17.3 Å². The van der Waals surface area contributed by atoms with E-state index >= 15 is 0 Å². The highest BCUT2D eigenvalue weighted by atomic mass is 19.1. The molecule has 0 amide bonds. The van der Waals surface area contributed by atoms with Crippen LogP contribution in [-0.4, -0.2) is 6.04 Å². The van der Waals surface area contributed by atoms with Gasteiger partial charge in [-0.3, -0.25) is 0 Å². The van der Waals surface area contributed by atoms with Crippen LogP contribution in [0.4, 0.5) is 4.39 Å². The van der Waals surface area contributed by atoms with Gasteiger partial charge in [-0.05, 0) is 36.0 Å². The van der Waals surface area contributed by atoms with E-state index in [0.717, 1.165) is 12.0 Å². The molecule has 1 aromatic carbocycles. The van der Waals surface area contributed by atoms with Crippen LogP contribution in [0.2, 0.25) is 0 Å². The number of rotatable bonds is 5. The maximum Gasteiger partial charge on any atom is 0.123 e. The van der Waals surface area contributed by atoms with Gasteiger partial charge in [-0.1, -0.05) is 53.2 Å². The highest BCUT2D eigenvalue weighted by Gasteiger charge is 2.28. The highest BCUT2D eigenvalue weighted by Crippen LogP contribution is 2.33. The fourth-order valence-electron chi connectivity index (χ4n) is 2.28. The molecule has 1 nitrogen and oxygen atoms in total. The largest absolute Gasteiger partial charge is 0.307 e. The second-order valence-corrected chi connectivity index (χ2v) is 6.69. The van der Waals surface area contributed by atoms with Gasteiger partial charge in [-0.2, -0.15) is 0 Å². The number of halogens is 1. The first-order chi connectivity index (χ1) is 8.75. The molecule has 3 atom stereocenters. The van der Waals surface area contributed by atoms with Crippen LogP contribution in [0.25, 0.3) is 0 Å². The lowest BCUT2D eigenvalue weighted by atomic mass is 9.81. The molecule has 0 spiro atoms. The zero-order valence-electron chi connectivity index (χ0n) is 13.1. The van der Waals surface area contributed by atoms with Gasteiger partial charge in [0, 0.05) is 12.1 Å². The molecule has 1 rings (SSSR count). The van der Waals surface area contributed by atoms with Gasteiger partial charge >= 0.3 is 0 Å². The summed E-state index contributed by atoms with van der Waals surface area (Å²) < 4.78 is 13.1. The van der Waals surface area contributed by atoms with Gasteiger partial charge < -0.3 is 5.32 Å². The normalized spacial score (nSPS) is 17.0. The summed E-state index contributed by atoms with van der Waals surface area (Å²) in [7, 11) is 0. The van der Waals surface area contributed by atoms with Crippen molar-refractivity contribution in [1.29, 1.82) is 0 Å². The van der Waals surface area contributed by atoms with Crippen LogP contribution in [0.5, 0.6) is 0 Å². The number of benzene rings is 1. The molecule has 0 aliphatic carbocycles. The molecular formula is C17H28FN. The van der Waals surface area contributed by atoms with Crippen molar-refractivity contribution in [2.45, 2.75) is 60.0 Å². The molecule has 0 radical (unpaired) electrons. The monoisotopic (exact) mass is 265 g/mol. The van der Waals surface area contributed by atoms with Gasteiger partial charge in [-0.25, -0.2) is 4.39 Å². The summed E-state index contributed by atoms with van der Waals surface area (Å²) in [5.41, 5.74) is 1.25. The molecule has 108 valence electrons. The minimum absolute atomic E-state index is 0.0968. The van der Waals surface area contributed by atoms with E-state index in [0.29, 0.717) is 12.0 Å². The first kappa shape index (κ1) is 16.2. The second-order valence-electron chi connectivity index (χ2n) is 6.69. The van der Waals surface area contributed by atoms with E-state index in [1.807, 2.05) is 12.1 Å². The molecule has 0 saturated carbocycles. The predicted octanol–water partition coefficient (Wildman–Crippen LogP) is 4.94. The standard InChI is InChI=1S/C17H28FN/c1-7-12(2)13(3)19-16(17(4,5)6)14-8-10-15(18)11-9-14/h8-13,16,19H,7H2,1-6H3. The Balaban J connectivity index is 2.93. The third kappa shape index (κ3) is 4.61. The fraction of sp³-hybridized carbons (Fsp3) is 0.647. The van der Waals surface area contributed by atoms with Crippen LogP contribution in [0.15, 0.2) is 24.3 Å². The number of hydrogen-bond acceptors (Lipinski definition) is 1. The highest BCUT2D eigenvalue weighted by molar-refractivity contribution is 5.21. The van der Waals surface area contributed by atoms with Gasteiger partial charge in [0.25, 0.3) is 0 Å². The summed E-state index contributed by atoms with van der Waals surface area (Å²) in [6, 6.07) is 7.55. The minimum atomic E-state index is -0.175. The van der Waals surface area contributed by atoms with E-state index < -0.39 is 0 Å². The molecule has 0 aliphatic heterocycles. The van der Waals surface area contributed by atoms with Crippen molar-refractivity contribution >= 4 is 0 Å². The Hall–Kier alpha value is -0.890. The molecule has 19 heavy (non-hydrogen) atoms. The topological polar surface area (TPSA) is 12.0 Å². The van der Waals surface area contributed by atoms with Gasteiger partial charge in [0.2, 0.25) is 0 Å². The van der Waals surface area contributed by atoms with Crippen molar-refractivity contribution in [2.24, 2.45) is 11.3 Å². The molecule has 2 heteroatoms. The van der Waals surface area contributed by atoms with Crippen molar-refractivity contribution in [2.75, 3.05) is 0 Å². The maximum atomic E-state index is 13.1. The van der Waals surface area contributed by atoms with Crippen molar-refractivity contribution in [3.63, 3.8) is 0 Å². The lowest BCUT2D eigenvalue weighted by molar-refractivity contribution is 0.228. The molecule has 1 N–H and O–H groups in total. The summed E-state index contributed by atoms with van der Waals surface area (Å²) in [5.74, 6) is 0.455. The zero-order valence-corrected chi connectivity index (χ0v) is 13.1. The third-order valence-electron chi connectivity index (χ3n) is 4.00. The Morgan fingerprint density at radius 3 is 2.05 bits per heavy atom. The van der Waals surface area contributed by atoms with Gasteiger partial charge in [0.1, 0.15) is 5.82 Å². The Morgan fingerprint density at radius 1 is 1.11 bits per heavy atom. The molecule has 1 aromatic rings. The van der Waals surface area contributed by atoms with Crippen molar-refractivity contribution in [3.8, 4) is 0 Å². The smallest absolute Gasteiger partial charge is 0.123 e. The predicted molar refractivity (Wildman–Crippen MR) is 80.6 cm³/mol. The number of hydrogen-bond donors (Lipinski definition) is 1. The third-order valence-corrected chi connectivity index (χ3v) is 4.00. The summed E-state index contributed by atoms with van der Waals surface area (Å²) in [5, 5.41) is 3.72. The minimum Gasteiger partial charge on any atom is -0.307 e. The second kappa shape index (κ2) is 6.51. The van der Waals surface area contributed by atoms with Crippen LogP contribution in [0.1, 0.15) is 59.6 Å². The fourth-order valence-corrected chi connectivity index (χ4v) is 2.28. The molecule has 0 fully saturated rings. The zero-order chi connectivity index (χ0) is 14.6. The maximum absolute atomic E-state index is 13.1. The van der Waals surface area contributed by atoms with Crippen molar-refractivity contribution in [1.82, 2.24) is 5.32 Å². The van der Waals surface area contributed by atoms with Gasteiger partial charge in [0.05, 0.1) is 0 Å². The number of nitrogens with one attached hydrogen (secondary N) is 1. The Bertz CT molecular complexity index is 377. The van der Waals surface area contributed by atoms with Crippen LogP contribution in [0, 0.1) is 17.2 Å². The lowest BCUT2D eigenvalue weighted by Gasteiger charge is -2.36. The average molecular weight is 265 g/mol. The Kier molecular flexibility index (Phi) is 5.54. The first-order valence-corrected chi connectivity index (χ1v) is 7.27. The summed E-state index contributed by atoms with van der Waals surface area (Å²) in [6.45, 7) is 13.4. The van der Waals surface area contributed by atoms with Crippen molar-refractivity contribution in [3.05, 3.63) is 35.6 Å². The molecule has 0 aliphatic rings. The Morgan fingerprint density at radius 2 is 1.63 bits per heavy atom.